The summed E-state index contributed by atoms with van der Waals surface area (Å²) in [5.41, 5.74) is 7.07. The Bertz CT molecular complexity index is 608. The summed E-state index contributed by atoms with van der Waals surface area (Å²) in [6.45, 7) is 1.80. The van der Waals surface area contributed by atoms with E-state index in [1.54, 1.807) is 13.0 Å². The van der Waals surface area contributed by atoms with Gasteiger partial charge in [0.15, 0.2) is 0 Å². The molecule has 0 aromatic heterocycles. The van der Waals surface area contributed by atoms with Crippen LogP contribution in [0.15, 0.2) is 41.3 Å². The summed E-state index contributed by atoms with van der Waals surface area (Å²) in [4.78, 5) is 0.0170. The molecule has 2 aromatic carbocycles. The molecule has 1 unspecified atom stereocenters. The maximum Gasteiger partial charge on any atom is 0.140 e. The van der Waals surface area contributed by atoms with Crippen molar-refractivity contribution < 1.29 is 8.78 Å². The molecule has 0 bridgehead atoms. The molecule has 112 valence electrons. The molecule has 0 spiro atoms. The highest BCUT2D eigenvalue weighted by molar-refractivity contribution is 7.98. The number of hydrogen-bond donors (Lipinski definition) is 1. The van der Waals surface area contributed by atoms with Crippen molar-refractivity contribution in [3.8, 4) is 0 Å². The molecule has 1 atom stereocenters. The lowest BCUT2D eigenvalue weighted by Crippen LogP contribution is -2.18. The van der Waals surface area contributed by atoms with Crippen molar-refractivity contribution in [3.05, 3.63) is 64.2 Å². The van der Waals surface area contributed by atoms with Gasteiger partial charge in [-0.3, -0.25) is 0 Å². The zero-order valence-corrected chi connectivity index (χ0v) is 13.1. The van der Waals surface area contributed by atoms with E-state index < -0.39 is 11.6 Å². The van der Waals surface area contributed by atoms with Gasteiger partial charge >= 0.3 is 0 Å². The quantitative estimate of drug-likeness (QED) is 0.798. The van der Waals surface area contributed by atoms with Crippen molar-refractivity contribution in [1.29, 1.82) is 0 Å². The number of nitrogens with two attached hydrogens (primary N) is 1. The molecule has 0 aliphatic carbocycles. The fourth-order valence-electron chi connectivity index (χ4n) is 2.01. The van der Waals surface area contributed by atoms with Gasteiger partial charge in [0, 0.05) is 16.8 Å². The Kier molecular flexibility index (Phi) is 5.62. The number of hydrogen-bond acceptors (Lipinski definition) is 2. The summed E-state index contributed by atoms with van der Waals surface area (Å²) in [6, 6.07) is 9.83. The minimum absolute atomic E-state index is 0.0170. The molecule has 2 rings (SSSR count). The van der Waals surface area contributed by atoms with Crippen molar-refractivity contribution in [2.24, 2.45) is 5.73 Å². The van der Waals surface area contributed by atoms with Gasteiger partial charge in [-0.25, -0.2) is 8.78 Å². The molecule has 5 heteroatoms. The lowest BCUT2D eigenvalue weighted by Gasteiger charge is -2.10. The van der Waals surface area contributed by atoms with Gasteiger partial charge in [0.25, 0.3) is 0 Å². The summed E-state index contributed by atoms with van der Waals surface area (Å²) in [6.07, 6.45) is 0.448. The van der Waals surface area contributed by atoms with Crippen LogP contribution in [0, 0.1) is 11.6 Å². The predicted octanol–water partition coefficient (Wildman–Crippen LogP) is 4.80. The minimum Gasteiger partial charge on any atom is -0.328 e. The van der Waals surface area contributed by atoms with Gasteiger partial charge in [-0.1, -0.05) is 29.8 Å². The molecule has 21 heavy (non-hydrogen) atoms. The molecule has 2 N–H and O–H groups in total. The Balaban J connectivity index is 2.15. The standard InChI is InChI=1S/C16H16ClF2NS/c1-10(20)6-11-7-14(18)16(15(19)8-11)21-9-12-4-2-3-5-13(12)17/h2-5,7-8,10H,6,9,20H2,1H3. The maximum atomic E-state index is 14.0. The van der Waals surface area contributed by atoms with E-state index in [2.05, 4.69) is 0 Å². The molecule has 0 radical (unpaired) electrons. The van der Waals surface area contributed by atoms with Crippen LogP contribution in [0.25, 0.3) is 0 Å². The topological polar surface area (TPSA) is 26.0 Å². The molecule has 0 aliphatic rings. The third-order valence-electron chi connectivity index (χ3n) is 2.95. The van der Waals surface area contributed by atoms with Crippen molar-refractivity contribution in [3.63, 3.8) is 0 Å². The van der Waals surface area contributed by atoms with Crippen LogP contribution in [0.5, 0.6) is 0 Å². The molecule has 0 saturated heterocycles. The second-order valence-corrected chi connectivity index (χ2v) is 6.34. The first-order valence-corrected chi connectivity index (χ1v) is 7.93. The second kappa shape index (κ2) is 7.25. The van der Waals surface area contributed by atoms with Gasteiger partial charge < -0.3 is 5.73 Å². The van der Waals surface area contributed by atoms with Crippen molar-refractivity contribution in [2.45, 2.75) is 30.0 Å². The molecule has 0 amide bonds. The third kappa shape index (κ3) is 4.43. The lowest BCUT2D eigenvalue weighted by molar-refractivity contribution is 0.535. The van der Waals surface area contributed by atoms with Crippen molar-refractivity contribution in [2.75, 3.05) is 0 Å². The highest BCUT2D eigenvalue weighted by Crippen LogP contribution is 2.31. The van der Waals surface area contributed by atoms with E-state index in [0.29, 0.717) is 22.8 Å². The van der Waals surface area contributed by atoms with Crippen LogP contribution in [-0.2, 0) is 12.2 Å². The van der Waals surface area contributed by atoms with Gasteiger partial charge in [0.05, 0.1) is 4.90 Å². The van der Waals surface area contributed by atoms with Gasteiger partial charge in [0.2, 0.25) is 0 Å². The average molecular weight is 328 g/mol. The van der Waals surface area contributed by atoms with E-state index >= 15 is 0 Å². The van der Waals surface area contributed by atoms with Crippen LogP contribution in [0.1, 0.15) is 18.1 Å². The summed E-state index contributed by atoms with van der Waals surface area (Å²) >= 11 is 7.14. The van der Waals surface area contributed by atoms with Gasteiger partial charge in [-0.2, -0.15) is 0 Å². The normalized spacial score (nSPS) is 12.4. The second-order valence-electron chi connectivity index (χ2n) is 4.95. The fourth-order valence-corrected chi connectivity index (χ4v) is 3.23. The third-order valence-corrected chi connectivity index (χ3v) is 4.45. The van der Waals surface area contributed by atoms with E-state index in [1.165, 1.54) is 12.1 Å². The van der Waals surface area contributed by atoms with E-state index in [1.807, 2.05) is 18.2 Å². The molecular formula is C16H16ClF2NS. The van der Waals surface area contributed by atoms with Crippen LogP contribution in [0.3, 0.4) is 0 Å². The molecule has 0 aliphatic heterocycles. The van der Waals surface area contributed by atoms with Gasteiger partial charge in [-0.15, -0.1) is 11.8 Å². The van der Waals surface area contributed by atoms with Crippen LogP contribution < -0.4 is 5.73 Å². The summed E-state index contributed by atoms with van der Waals surface area (Å²) in [5, 5.41) is 0.597. The number of thioether (sulfide) groups is 1. The maximum absolute atomic E-state index is 14.0. The SMILES string of the molecule is CC(N)Cc1cc(F)c(SCc2ccccc2Cl)c(F)c1. The predicted molar refractivity (Wildman–Crippen MR) is 84.7 cm³/mol. The Morgan fingerprint density at radius 1 is 1.19 bits per heavy atom. The number of rotatable bonds is 5. The van der Waals surface area contributed by atoms with E-state index in [-0.39, 0.29) is 10.9 Å². The Morgan fingerprint density at radius 2 is 1.81 bits per heavy atom. The van der Waals surface area contributed by atoms with E-state index in [9.17, 15) is 8.78 Å². The first-order valence-electron chi connectivity index (χ1n) is 6.57. The van der Waals surface area contributed by atoms with Crippen LogP contribution in [0.2, 0.25) is 5.02 Å². The Labute approximate surface area is 132 Å². The van der Waals surface area contributed by atoms with E-state index in [0.717, 1.165) is 17.3 Å². The zero-order chi connectivity index (χ0) is 15.4. The molecule has 0 heterocycles. The minimum atomic E-state index is -0.553. The van der Waals surface area contributed by atoms with Crippen molar-refractivity contribution >= 4 is 23.4 Å². The molecule has 2 aromatic rings. The van der Waals surface area contributed by atoms with Crippen LogP contribution >= 0.6 is 23.4 Å². The zero-order valence-electron chi connectivity index (χ0n) is 11.6. The Morgan fingerprint density at radius 3 is 2.38 bits per heavy atom. The van der Waals surface area contributed by atoms with Crippen LogP contribution in [-0.4, -0.2) is 6.04 Å². The molecule has 1 nitrogen and oxygen atoms in total. The fraction of sp³-hybridized carbons (Fsp3) is 0.250. The smallest absolute Gasteiger partial charge is 0.140 e. The van der Waals surface area contributed by atoms with Crippen LogP contribution in [0.4, 0.5) is 8.78 Å². The number of halogens is 3. The van der Waals surface area contributed by atoms with Gasteiger partial charge in [0.1, 0.15) is 11.6 Å². The molecule has 0 saturated carbocycles. The summed E-state index contributed by atoms with van der Waals surface area (Å²) in [5.74, 6) is -0.689. The average Bonchev–Trinajstić information content (AvgIpc) is 2.39. The van der Waals surface area contributed by atoms with E-state index in [4.69, 9.17) is 17.3 Å². The first-order chi connectivity index (χ1) is 9.97. The lowest BCUT2D eigenvalue weighted by atomic mass is 10.1. The Hall–Kier alpha value is -1.10. The monoisotopic (exact) mass is 327 g/mol. The number of benzene rings is 2. The van der Waals surface area contributed by atoms with Crippen molar-refractivity contribution in [1.82, 2.24) is 0 Å². The largest absolute Gasteiger partial charge is 0.328 e. The molecule has 0 fully saturated rings. The molecular weight excluding hydrogens is 312 g/mol. The summed E-state index contributed by atoms with van der Waals surface area (Å²) < 4.78 is 28.1. The first kappa shape index (κ1) is 16.3. The summed E-state index contributed by atoms with van der Waals surface area (Å²) in [7, 11) is 0. The highest BCUT2D eigenvalue weighted by atomic mass is 35.5. The highest BCUT2D eigenvalue weighted by Gasteiger charge is 2.13. The van der Waals surface area contributed by atoms with Gasteiger partial charge in [-0.05, 0) is 42.7 Å².